The summed E-state index contributed by atoms with van der Waals surface area (Å²) in [6.07, 6.45) is 1.21. The van der Waals surface area contributed by atoms with E-state index in [9.17, 15) is 9.59 Å². The third-order valence-electron chi connectivity index (χ3n) is 4.85. The number of amides is 3. The molecule has 2 atom stereocenters. The van der Waals surface area contributed by atoms with Gasteiger partial charge >= 0.3 is 6.03 Å². The summed E-state index contributed by atoms with van der Waals surface area (Å²) in [5.41, 5.74) is 0.316. The van der Waals surface area contributed by atoms with Crippen LogP contribution in [0, 0.1) is 0 Å². The number of carbonyl (C=O) groups is 2. The maximum Gasteiger partial charge on any atom is 0.325 e. The van der Waals surface area contributed by atoms with Crippen molar-refractivity contribution in [2.24, 2.45) is 4.99 Å². The van der Waals surface area contributed by atoms with Gasteiger partial charge in [0.2, 0.25) is 0 Å². The van der Waals surface area contributed by atoms with E-state index in [1.165, 1.54) is 4.90 Å². The van der Waals surface area contributed by atoms with Crippen LogP contribution in [-0.4, -0.2) is 48.5 Å². The largest absolute Gasteiger partial charge is 0.356 e. The van der Waals surface area contributed by atoms with Crippen molar-refractivity contribution >= 4 is 53.5 Å². The summed E-state index contributed by atoms with van der Waals surface area (Å²) in [5.74, 6) is 0.502. The number of nitrogens with zero attached hydrogens (tertiary/aromatic N) is 2. The van der Waals surface area contributed by atoms with Crippen molar-refractivity contribution in [3.05, 3.63) is 34.9 Å². The minimum Gasteiger partial charge on any atom is -0.356 e. The molecule has 1 aromatic carbocycles. The van der Waals surface area contributed by atoms with Crippen LogP contribution in [0.4, 0.5) is 4.79 Å². The van der Waals surface area contributed by atoms with Crippen LogP contribution in [0.15, 0.2) is 29.3 Å². The van der Waals surface area contributed by atoms with Gasteiger partial charge in [-0.15, -0.1) is 24.0 Å². The molecule has 1 aliphatic rings. The SMILES string of the molecule is CCC1(C)NC(=O)N(CCCNC(=NC)NC(C)c2ccc(Cl)cc2)C1=O.I. The Hall–Kier alpha value is -1.55. The Morgan fingerprint density at radius 1 is 1.32 bits per heavy atom. The van der Waals surface area contributed by atoms with Crippen molar-refractivity contribution in [3.8, 4) is 0 Å². The number of rotatable bonds is 7. The summed E-state index contributed by atoms with van der Waals surface area (Å²) in [7, 11) is 1.70. The zero-order valence-electron chi connectivity index (χ0n) is 16.7. The molecule has 2 rings (SSSR count). The van der Waals surface area contributed by atoms with Crippen LogP contribution in [0.5, 0.6) is 0 Å². The maximum absolute atomic E-state index is 12.4. The van der Waals surface area contributed by atoms with Crippen molar-refractivity contribution in [2.75, 3.05) is 20.1 Å². The van der Waals surface area contributed by atoms with E-state index in [1.54, 1.807) is 14.0 Å². The normalized spacial score (nSPS) is 20.5. The van der Waals surface area contributed by atoms with E-state index >= 15 is 0 Å². The van der Waals surface area contributed by atoms with Crippen molar-refractivity contribution in [1.29, 1.82) is 0 Å². The second-order valence-corrected chi connectivity index (χ2v) is 7.28. The Kier molecular flexibility index (Phi) is 9.49. The molecule has 1 saturated heterocycles. The first kappa shape index (κ1) is 24.5. The topological polar surface area (TPSA) is 85.8 Å². The number of benzene rings is 1. The summed E-state index contributed by atoms with van der Waals surface area (Å²) in [6.45, 7) is 6.65. The third-order valence-corrected chi connectivity index (χ3v) is 5.10. The minimum absolute atomic E-state index is 0. The second-order valence-electron chi connectivity index (χ2n) is 6.84. The molecule has 1 heterocycles. The molecule has 0 spiro atoms. The molecule has 3 N–H and O–H groups in total. The highest BCUT2D eigenvalue weighted by Gasteiger charge is 2.45. The molecule has 2 unspecified atom stereocenters. The zero-order valence-corrected chi connectivity index (χ0v) is 19.8. The Morgan fingerprint density at radius 2 is 1.96 bits per heavy atom. The van der Waals surface area contributed by atoms with Crippen LogP contribution in [-0.2, 0) is 4.79 Å². The number of urea groups is 1. The lowest BCUT2D eigenvalue weighted by Gasteiger charge is -2.20. The van der Waals surface area contributed by atoms with Gasteiger partial charge in [0, 0.05) is 25.2 Å². The fourth-order valence-electron chi connectivity index (χ4n) is 2.87. The third kappa shape index (κ3) is 5.97. The molecule has 156 valence electrons. The number of nitrogens with one attached hydrogen (secondary N) is 3. The first-order valence-corrected chi connectivity index (χ1v) is 9.55. The van der Waals surface area contributed by atoms with Gasteiger partial charge in [-0.1, -0.05) is 30.7 Å². The van der Waals surface area contributed by atoms with Crippen molar-refractivity contribution in [3.63, 3.8) is 0 Å². The molecular weight excluding hydrogens is 493 g/mol. The lowest BCUT2D eigenvalue weighted by atomic mass is 9.99. The quantitative estimate of drug-likeness (QED) is 0.169. The van der Waals surface area contributed by atoms with E-state index in [2.05, 4.69) is 20.9 Å². The summed E-state index contributed by atoms with van der Waals surface area (Å²) in [5, 5.41) is 9.98. The Bertz CT molecular complexity index is 713. The number of hydrogen-bond acceptors (Lipinski definition) is 3. The van der Waals surface area contributed by atoms with E-state index in [1.807, 2.05) is 38.1 Å². The highest BCUT2D eigenvalue weighted by molar-refractivity contribution is 14.0. The van der Waals surface area contributed by atoms with Gasteiger partial charge in [0.05, 0.1) is 6.04 Å². The summed E-state index contributed by atoms with van der Waals surface area (Å²) >= 11 is 5.92. The number of guanidine groups is 1. The van der Waals surface area contributed by atoms with E-state index in [4.69, 9.17) is 11.6 Å². The van der Waals surface area contributed by atoms with Crippen LogP contribution in [0.25, 0.3) is 0 Å². The lowest BCUT2D eigenvalue weighted by molar-refractivity contribution is -0.130. The fraction of sp³-hybridized carbons (Fsp3) is 0.526. The molecule has 1 fully saturated rings. The Balaban J connectivity index is 0.00000392. The first-order valence-electron chi connectivity index (χ1n) is 9.17. The van der Waals surface area contributed by atoms with E-state index < -0.39 is 5.54 Å². The standard InChI is InChI=1S/C19H28ClN5O2.HI/c1-5-19(3)16(26)25(18(27)24-19)12-6-11-22-17(21-4)23-13(2)14-7-9-15(20)10-8-14;/h7-10,13H,5-6,11-12H2,1-4H3,(H,24,27)(H2,21,22,23);1H. The maximum atomic E-state index is 12.4. The van der Waals surface area contributed by atoms with Crippen LogP contribution in [0.2, 0.25) is 5.02 Å². The van der Waals surface area contributed by atoms with E-state index in [0.717, 1.165) is 5.56 Å². The fourth-order valence-corrected chi connectivity index (χ4v) is 2.99. The number of imide groups is 1. The van der Waals surface area contributed by atoms with Gasteiger partial charge in [-0.25, -0.2) is 4.79 Å². The molecule has 0 bridgehead atoms. The average Bonchev–Trinajstić information content (AvgIpc) is 2.87. The van der Waals surface area contributed by atoms with Gasteiger partial charge in [0.25, 0.3) is 5.91 Å². The number of hydrogen-bond donors (Lipinski definition) is 3. The van der Waals surface area contributed by atoms with Crippen molar-refractivity contribution in [2.45, 2.75) is 45.2 Å². The van der Waals surface area contributed by atoms with Gasteiger partial charge in [-0.2, -0.15) is 0 Å². The highest BCUT2D eigenvalue weighted by Crippen LogP contribution is 2.20. The molecule has 0 aliphatic carbocycles. The minimum atomic E-state index is -0.782. The number of halogens is 2. The molecule has 1 aromatic rings. The van der Waals surface area contributed by atoms with E-state index in [-0.39, 0.29) is 42.0 Å². The van der Waals surface area contributed by atoms with Crippen LogP contribution < -0.4 is 16.0 Å². The zero-order chi connectivity index (χ0) is 20.0. The highest BCUT2D eigenvalue weighted by atomic mass is 127. The predicted octanol–water partition coefficient (Wildman–Crippen LogP) is 3.29. The molecule has 7 nitrogen and oxygen atoms in total. The monoisotopic (exact) mass is 521 g/mol. The average molecular weight is 522 g/mol. The van der Waals surface area contributed by atoms with E-state index in [0.29, 0.717) is 36.9 Å². The van der Waals surface area contributed by atoms with Gasteiger partial charge in [0.15, 0.2) is 5.96 Å². The molecule has 1 aliphatic heterocycles. The Labute approximate surface area is 188 Å². The summed E-state index contributed by atoms with van der Waals surface area (Å²) < 4.78 is 0. The van der Waals surface area contributed by atoms with Gasteiger partial charge in [0.1, 0.15) is 5.54 Å². The van der Waals surface area contributed by atoms with Crippen molar-refractivity contribution in [1.82, 2.24) is 20.9 Å². The molecule has 9 heteroatoms. The lowest BCUT2D eigenvalue weighted by Crippen LogP contribution is -2.43. The van der Waals surface area contributed by atoms with Crippen LogP contribution in [0.3, 0.4) is 0 Å². The molecule has 3 amide bonds. The van der Waals surface area contributed by atoms with Gasteiger partial charge < -0.3 is 16.0 Å². The first-order chi connectivity index (χ1) is 12.8. The van der Waals surface area contributed by atoms with Gasteiger partial charge in [-0.3, -0.25) is 14.7 Å². The van der Waals surface area contributed by atoms with Crippen LogP contribution in [0.1, 0.15) is 45.2 Å². The van der Waals surface area contributed by atoms with Gasteiger partial charge in [-0.05, 0) is 44.4 Å². The molecular formula is C19H29ClIN5O2. The smallest absolute Gasteiger partial charge is 0.325 e. The summed E-state index contributed by atoms with van der Waals surface area (Å²) in [4.78, 5) is 29.9. The number of aliphatic imine (C=N–C) groups is 1. The number of carbonyl (C=O) groups excluding carboxylic acids is 2. The molecule has 0 radical (unpaired) electrons. The van der Waals surface area contributed by atoms with Crippen molar-refractivity contribution < 1.29 is 9.59 Å². The molecule has 28 heavy (non-hydrogen) atoms. The second kappa shape index (κ2) is 10.8. The molecule has 0 aromatic heterocycles. The Morgan fingerprint density at radius 3 is 2.50 bits per heavy atom. The predicted molar refractivity (Wildman–Crippen MR) is 123 cm³/mol. The van der Waals surface area contributed by atoms with Crippen LogP contribution >= 0.6 is 35.6 Å². The summed E-state index contributed by atoms with van der Waals surface area (Å²) in [6, 6.07) is 7.39. The molecule has 0 saturated carbocycles.